The van der Waals surface area contributed by atoms with Gasteiger partial charge >= 0.3 is 5.97 Å². The minimum Gasteiger partial charge on any atom is -0.481 e. The van der Waals surface area contributed by atoms with E-state index in [1.54, 1.807) is 0 Å². The van der Waals surface area contributed by atoms with Crippen LogP contribution in [0.5, 0.6) is 0 Å². The van der Waals surface area contributed by atoms with Gasteiger partial charge in [0.15, 0.2) is 11.6 Å². The van der Waals surface area contributed by atoms with Gasteiger partial charge in [0.25, 0.3) is 0 Å². The van der Waals surface area contributed by atoms with Crippen LogP contribution in [-0.2, 0) is 14.8 Å². The van der Waals surface area contributed by atoms with Crippen LogP contribution in [0.4, 0.5) is 13.2 Å². The highest BCUT2D eigenvalue weighted by Gasteiger charge is 2.57. The molecule has 1 N–H and O–H groups in total. The number of hydrogen-bond acceptors (Lipinski definition) is 3. The lowest BCUT2D eigenvalue weighted by Crippen LogP contribution is -2.37. The quantitative estimate of drug-likeness (QED) is 0.847. The number of carboxylic acids is 1. The number of carbonyl (C=O) groups is 1. The first-order chi connectivity index (χ1) is 10.7. The molecule has 9 heteroatoms. The van der Waals surface area contributed by atoms with Gasteiger partial charge in [0.2, 0.25) is 10.0 Å². The molecule has 2 fully saturated rings. The summed E-state index contributed by atoms with van der Waals surface area (Å²) in [6.07, 6.45) is 1.60. The molecule has 1 aromatic carbocycles. The summed E-state index contributed by atoms with van der Waals surface area (Å²) in [4.78, 5) is 10.6. The zero-order chi connectivity index (χ0) is 17.0. The van der Waals surface area contributed by atoms with Crippen molar-refractivity contribution in [3.63, 3.8) is 0 Å². The van der Waals surface area contributed by atoms with Crippen molar-refractivity contribution in [2.75, 3.05) is 13.1 Å². The molecule has 1 saturated carbocycles. The molecule has 2 atom stereocenters. The summed E-state index contributed by atoms with van der Waals surface area (Å²) in [5.41, 5.74) is -1.18. The second kappa shape index (κ2) is 5.20. The molecule has 23 heavy (non-hydrogen) atoms. The molecule has 1 heterocycles. The molecule has 2 aliphatic rings. The van der Waals surface area contributed by atoms with E-state index in [1.165, 1.54) is 0 Å². The molecule has 1 aliphatic heterocycles. The number of sulfonamides is 1. The van der Waals surface area contributed by atoms with Gasteiger partial charge < -0.3 is 5.11 Å². The number of carboxylic acid groups (broad SMARTS) is 1. The molecule has 5 nitrogen and oxygen atoms in total. The van der Waals surface area contributed by atoms with Gasteiger partial charge in [-0.2, -0.15) is 4.31 Å². The number of aliphatic carboxylic acids is 1. The Bertz CT molecular complexity index is 782. The Balaban J connectivity index is 2.00. The second-order valence-corrected chi connectivity index (χ2v) is 7.95. The lowest BCUT2D eigenvalue weighted by atomic mass is 9.81. The molecule has 0 amide bonds. The molecule has 0 spiro atoms. The van der Waals surface area contributed by atoms with Gasteiger partial charge in [-0.3, -0.25) is 4.79 Å². The first kappa shape index (κ1) is 16.3. The highest BCUT2D eigenvalue weighted by atomic mass is 32.2. The van der Waals surface area contributed by atoms with Crippen molar-refractivity contribution in [1.29, 1.82) is 0 Å². The standard InChI is InChI=1S/C14H14F3NO4S/c15-9-4-11(17)12(5-10(9)16)23(21,22)18-6-8-2-1-3-14(8,7-18)13(19)20/h4-5,8H,1-3,6-7H2,(H,19,20)/t8-,14+/m0/s1. The molecule has 1 aliphatic carbocycles. The predicted molar refractivity (Wildman–Crippen MR) is 72.5 cm³/mol. The van der Waals surface area contributed by atoms with Gasteiger partial charge in [-0.1, -0.05) is 6.42 Å². The molecular formula is C14H14F3NO4S. The summed E-state index contributed by atoms with van der Waals surface area (Å²) in [5.74, 6) is -5.80. The number of fused-ring (bicyclic) bond motifs is 1. The SMILES string of the molecule is O=C(O)[C@@]12CCC[C@H]1CN(S(=O)(=O)c1cc(F)c(F)cc1F)C2. The number of benzene rings is 1. The molecule has 126 valence electrons. The Hall–Kier alpha value is -1.61. The van der Waals surface area contributed by atoms with Crippen LogP contribution in [0.1, 0.15) is 19.3 Å². The summed E-state index contributed by atoms with van der Waals surface area (Å²) in [5, 5.41) is 9.46. The zero-order valence-corrected chi connectivity index (χ0v) is 12.7. The van der Waals surface area contributed by atoms with Crippen LogP contribution in [0.2, 0.25) is 0 Å². The van der Waals surface area contributed by atoms with Crippen molar-refractivity contribution in [3.8, 4) is 0 Å². The third kappa shape index (κ3) is 2.33. The van der Waals surface area contributed by atoms with Gasteiger partial charge in [-0.15, -0.1) is 0 Å². The van der Waals surface area contributed by atoms with Crippen molar-refractivity contribution in [2.45, 2.75) is 24.2 Å². The summed E-state index contributed by atoms with van der Waals surface area (Å²) < 4.78 is 66.0. The number of halogens is 3. The summed E-state index contributed by atoms with van der Waals surface area (Å²) >= 11 is 0. The van der Waals surface area contributed by atoms with Crippen molar-refractivity contribution in [2.24, 2.45) is 11.3 Å². The van der Waals surface area contributed by atoms with Crippen LogP contribution in [-0.4, -0.2) is 36.9 Å². The maximum Gasteiger partial charge on any atom is 0.311 e. The Morgan fingerprint density at radius 2 is 1.87 bits per heavy atom. The molecule has 0 aromatic heterocycles. The van der Waals surface area contributed by atoms with E-state index in [4.69, 9.17) is 0 Å². The fraction of sp³-hybridized carbons (Fsp3) is 0.500. The molecule has 1 aromatic rings. The second-order valence-electron chi connectivity index (χ2n) is 6.04. The number of rotatable bonds is 3. The van der Waals surface area contributed by atoms with Crippen molar-refractivity contribution in [3.05, 3.63) is 29.6 Å². The summed E-state index contributed by atoms with van der Waals surface area (Å²) in [6, 6.07) is 0.466. The maximum absolute atomic E-state index is 13.8. The van der Waals surface area contributed by atoms with Gasteiger partial charge in [-0.25, -0.2) is 21.6 Å². The monoisotopic (exact) mass is 349 g/mol. The molecule has 0 unspecified atom stereocenters. The van der Waals surface area contributed by atoms with E-state index in [2.05, 4.69) is 0 Å². The van der Waals surface area contributed by atoms with Crippen LogP contribution >= 0.6 is 0 Å². The van der Waals surface area contributed by atoms with Crippen molar-refractivity contribution in [1.82, 2.24) is 4.31 Å². The van der Waals surface area contributed by atoms with Gasteiger partial charge in [-0.05, 0) is 24.8 Å². The van der Waals surface area contributed by atoms with Crippen LogP contribution in [0.25, 0.3) is 0 Å². The Labute approximate surface area is 130 Å². The summed E-state index contributed by atoms with van der Waals surface area (Å²) in [6.45, 7) is -0.346. The first-order valence-electron chi connectivity index (χ1n) is 7.06. The average Bonchev–Trinajstić information content (AvgIpc) is 3.00. The molecule has 3 rings (SSSR count). The number of hydrogen-bond donors (Lipinski definition) is 1. The lowest BCUT2D eigenvalue weighted by molar-refractivity contribution is -0.149. The van der Waals surface area contributed by atoms with E-state index in [1.807, 2.05) is 0 Å². The van der Waals surface area contributed by atoms with E-state index >= 15 is 0 Å². The fourth-order valence-corrected chi connectivity index (χ4v) is 5.23. The Morgan fingerprint density at radius 3 is 2.48 bits per heavy atom. The van der Waals surface area contributed by atoms with E-state index in [0.29, 0.717) is 25.3 Å². The predicted octanol–water partition coefficient (Wildman–Crippen LogP) is 1.98. The minimum absolute atomic E-state index is 0.0624. The molecule has 1 saturated heterocycles. The van der Waals surface area contributed by atoms with E-state index < -0.39 is 43.8 Å². The van der Waals surface area contributed by atoms with Crippen LogP contribution < -0.4 is 0 Å². The highest BCUT2D eigenvalue weighted by molar-refractivity contribution is 7.89. The van der Waals surface area contributed by atoms with Crippen molar-refractivity contribution >= 4 is 16.0 Å². The summed E-state index contributed by atoms with van der Waals surface area (Å²) in [7, 11) is -4.43. The first-order valence-corrected chi connectivity index (χ1v) is 8.50. The largest absolute Gasteiger partial charge is 0.481 e. The van der Waals surface area contributed by atoms with Crippen molar-refractivity contribution < 1.29 is 31.5 Å². The zero-order valence-electron chi connectivity index (χ0n) is 11.9. The Morgan fingerprint density at radius 1 is 1.22 bits per heavy atom. The maximum atomic E-state index is 13.8. The normalized spacial score (nSPS) is 28.0. The van der Waals surface area contributed by atoms with Crippen LogP contribution in [0.15, 0.2) is 17.0 Å². The van der Waals surface area contributed by atoms with E-state index in [9.17, 15) is 31.5 Å². The molecule has 0 bridgehead atoms. The van der Waals surface area contributed by atoms with Gasteiger partial charge in [0.1, 0.15) is 10.7 Å². The third-order valence-electron chi connectivity index (χ3n) is 4.86. The highest BCUT2D eigenvalue weighted by Crippen LogP contribution is 2.50. The fourth-order valence-electron chi connectivity index (χ4n) is 3.62. The number of nitrogens with zero attached hydrogens (tertiary/aromatic N) is 1. The average molecular weight is 349 g/mol. The van der Waals surface area contributed by atoms with E-state index in [0.717, 1.165) is 4.31 Å². The Kier molecular flexibility index (Phi) is 3.68. The van der Waals surface area contributed by atoms with Gasteiger partial charge in [0, 0.05) is 19.2 Å². The minimum atomic E-state index is -4.43. The smallest absolute Gasteiger partial charge is 0.311 e. The topological polar surface area (TPSA) is 74.7 Å². The van der Waals surface area contributed by atoms with Crippen LogP contribution in [0.3, 0.4) is 0 Å². The lowest BCUT2D eigenvalue weighted by Gasteiger charge is -2.23. The van der Waals surface area contributed by atoms with Crippen LogP contribution in [0, 0.1) is 28.8 Å². The van der Waals surface area contributed by atoms with E-state index in [-0.39, 0.29) is 25.1 Å². The molecule has 0 radical (unpaired) electrons. The third-order valence-corrected chi connectivity index (χ3v) is 6.68. The molecular weight excluding hydrogens is 335 g/mol. The van der Waals surface area contributed by atoms with Gasteiger partial charge in [0.05, 0.1) is 5.41 Å².